The molecular weight excluding hydrogens is 318 g/mol. The van der Waals surface area contributed by atoms with E-state index in [-0.39, 0.29) is 30.3 Å². The number of morpholine rings is 1. The Bertz CT molecular complexity index is 691. The van der Waals surface area contributed by atoms with Gasteiger partial charge in [0.2, 0.25) is 5.91 Å². The number of hydrogen-bond acceptors (Lipinski definition) is 4. The molecule has 0 bridgehead atoms. The van der Waals surface area contributed by atoms with Crippen molar-refractivity contribution in [2.45, 2.75) is 39.0 Å². The van der Waals surface area contributed by atoms with E-state index in [4.69, 9.17) is 4.74 Å². The molecule has 2 unspecified atom stereocenters. The summed E-state index contributed by atoms with van der Waals surface area (Å²) in [7, 11) is 0. The fourth-order valence-electron chi connectivity index (χ4n) is 3.95. The summed E-state index contributed by atoms with van der Waals surface area (Å²) in [6.07, 6.45) is 1.09. The van der Waals surface area contributed by atoms with Crippen LogP contribution < -0.4 is 0 Å². The Morgan fingerprint density at radius 2 is 1.96 bits per heavy atom. The predicted molar refractivity (Wildman–Crippen MR) is 93.4 cm³/mol. The van der Waals surface area contributed by atoms with Gasteiger partial charge in [0.25, 0.3) is 0 Å². The molecule has 0 radical (unpaired) electrons. The topological polar surface area (TPSA) is 63.7 Å². The summed E-state index contributed by atoms with van der Waals surface area (Å²) in [6.45, 7) is 6.18. The van der Waals surface area contributed by atoms with E-state index in [1.165, 1.54) is 0 Å². The average molecular weight is 343 g/mol. The van der Waals surface area contributed by atoms with Gasteiger partial charge in [-0.3, -0.25) is 14.4 Å². The lowest BCUT2D eigenvalue weighted by Crippen LogP contribution is -2.41. The standard InChI is InChI=1S/C20H25NO4/c1-3-14-6-4-5-13(2)18(14)19-16(22)11-15(20(19)24)12-17(23)21-7-9-25-10-8-21/h4-6,15,19H,3,7-12H2,1-2H3. The third-order valence-corrected chi connectivity index (χ3v) is 5.33. The molecule has 1 aromatic rings. The fraction of sp³-hybridized carbons (Fsp3) is 0.550. The highest BCUT2D eigenvalue weighted by atomic mass is 16.5. The van der Waals surface area contributed by atoms with E-state index in [0.717, 1.165) is 23.1 Å². The van der Waals surface area contributed by atoms with Crippen LogP contribution >= 0.6 is 0 Å². The van der Waals surface area contributed by atoms with Gasteiger partial charge in [0, 0.05) is 31.8 Å². The molecule has 5 nitrogen and oxygen atoms in total. The number of carbonyl (C=O) groups is 3. The number of ether oxygens (including phenoxy) is 1. The first-order chi connectivity index (χ1) is 12.0. The zero-order chi connectivity index (χ0) is 18.0. The van der Waals surface area contributed by atoms with Crippen molar-refractivity contribution in [2.75, 3.05) is 26.3 Å². The number of benzene rings is 1. The van der Waals surface area contributed by atoms with E-state index in [0.29, 0.717) is 26.3 Å². The third-order valence-electron chi connectivity index (χ3n) is 5.33. The van der Waals surface area contributed by atoms with Crippen molar-refractivity contribution in [3.05, 3.63) is 34.9 Å². The minimum absolute atomic E-state index is 0.0457. The molecule has 2 atom stereocenters. The number of nitrogens with zero attached hydrogens (tertiary/aromatic N) is 1. The van der Waals surface area contributed by atoms with Crippen molar-refractivity contribution < 1.29 is 19.1 Å². The van der Waals surface area contributed by atoms with Gasteiger partial charge in [-0.05, 0) is 30.0 Å². The molecule has 5 heteroatoms. The van der Waals surface area contributed by atoms with E-state index >= 15 is 0 Å². The van der Waals surface area contributed by atoms with E-state index in [2.05, 4.69) is 0 Å². The van der Waals surface area contributed by atoms with Crippen LogP contribution in [0.2, 0.25) is 0 Å². The Morgan fingerprint density at radius 1 is 1.24 bits per heavy atom. The predicted octanol–water partition coefficient (Wildman–Crippen LogP) is 2.05. The molecule has 1 aromatic carbocycles. The highest BCUT2D eigenvalue weighted by Crippen LogP contribution is 2.37. The highest BCUT2D eigenvalue weighted by Gasteiger charge is 2.44. The first-order valence-electron chi connectivity index (χ1n) is 9.03. The van der Waals surface area contributed by atoms with Crippen molar-refractivity contribution in [2.24, 2.45) is 5.92 Å². The number of amides is 1. The van der Waals surface area contributed by atoms with Crippen LogP contribution in [-0.4, -0.2) is 48.7 Å². The minimum Gasteiger partial charge on any atom is -0.378 e. The summed E-state index contributed by atoms with van der Waals surface area (Å²) in [5.41, 5.74) is 2.89. The lowest BCUT2D eigenvalue weighted by molar-refractivity contribution is -0.138. The second-order valence-corrected chi connectivity index (χ2v) is 6.90. The number of aryl methyl sites for hydroxylation is 2. The molecule has 25 heavy (non-hydrogen) atoms. The molecule has 3 rings (SSSR count). The van der Waals surface area contributed by atoms with Gasteiger partial charge in [-0.2, -0.15) is 0 Å². The summed E-state index contributed by atoms with van der Waals surface area (Å²) in [5, 5.41) is 0. The molecule has 2 aliphatic rings. The Labute approximate surface area is 148 Å². The number of ketones is 2. The van der Waals surface area contributed by atoms with Crippen LogP contribution in [0.4, 0.5) is 0 Å². The normalized spacial score (nSPS) is 24.0. The van der Waals surface area contributed by atoms with Crippen molar-refractivity contribution in [3.63, 3.8) is 0 Å². The lowest BCUT2D eigenvalue weighted by atomic mass is 9.86. The molecule has 1 aliphatic heterocycles. The molecule has 1 saturated heterocycles. The largest absolute Gasteiger partial charge is 0.378 e. The first-order valence-corrected chi connectivity index (χ1v) is 9.03. The monoisotopic (exact) mass is 343 g/mol. The van der Waals surface area contributed by atoms with Gasteiger partial charge in [-0.15, -0.1) is 0 Å². The van der Waals surface area contributed by atoms with Gasteiger partial charge < -0.3 is 9.64 Å². The number of Topliss-reactive ketones (excluding diaryl/α,β-unsaturated/α-hetero) is 2. The summed E-state index contributed by atoms with van der Waals surface area (Å²) in [6, 6.07) is 5.89. The zero-order valence-electron chi connectivity index (χ0n) is 14.9. The van der Waals surface area contributed by atoms with E-state index < -0.39 is 11.8 Å². The highest BCUT2D eigenvalue weighted by molar-refractivity contribution is 6.15. The number of carbonyl (C=O) groups excluding carboxylic acids is 3. The molecule has 1 amide bonds. The molecule has 0 aromatic heterocycles. The maximum absolute atomic E-state index is 12.9. The van der Waals surface area contributed by atoms with Crippen LogP contribution in [0.25, 0.3) is 0 Å². The first kappa shape index (κ1) is 17.8. The zero-order valence-corrected chi connectivity index (χ0v) is 14.9. The molecule has 134 valence electrons. The molecule has 0 N–H and O–H groups in total. The molecule has 1 saturated carbocycles. The second-order valence-electron chi connectivity index (χ2n) is 6.90. The van der Waals surface area contributed by atoms with Gasteiger partial charge in [-0.25, -0.2) is 0 Å². The Morgan fingerprint density at radius 3 is 2.64 bits per heavy atom. The van der Waals surface area contributed by atoms with Crippen molar-refractivity contribution >= 4 is 17.5 Å². The number of rotatable bonds is 4. The Balaban J connectivity index is 1.78. The average Bonchev–Trinajstić information content (AvgIpc) is 2.89. The van der Waals surface area contributed by atoms with Crippen LogP contribution in [0.3, 0.4) is 0 Å². The van der Waals surface area contributed by atoms with Crippen LogP contribution in [-0.2, 0) is 25.5 Å². The molecular formula is C20H25NO4. The third kappa shape index (κ3) is 3.52. The van der Waals surface area contributed by atoms with Gasteiger partial charge >= 0.3 is 0 Å². The van der Waals surface area contributed by atoms with Crippen LogP contribution in [0.1, 0.15) is 42.4 Å². The molecule has 1 heterocycles. The van der Waals surface area contributed by atoms with Crippen molar-refractivity contribution in [3.8, 4) is 0 Å². The number of hydrogen-bond donors (Lipinski definition) is 0. The fourth-order valence-corrected chi connectivity index (χ4v) is 3.95. The molecule has 0 spiro atoms. The van der Waals surface area contributed by atoms with Gasteiger partial charge in [0.1, 0.15) is 11.7 Å². The van der Waals surface area contributed by atoms with Gasteiger partial charge in [0.05, 0.1) is 13.2 Å². The van der Waals surface area contributed by atoms with E-state index in [1.807, 2.05) is 32.0 Å². The maximum Gasteiger partial charge on any atom is 0.223 e. The van der Waals surface area contributed by atoms with Gasteiger partial charge in [0.15, 0.2) is 5.78 Å². The Kier molecular flexibility index (Phi) is 5.33. The van der Waals surface area contributed by atoms with Crippen molar-refractivity contribution in [1.29, 1.82) is 0 Å². The molecule has 1 aliphatic carbocycles. The summed E-state index contributed by atoms with van der Waals surface area (Å²) < 4.78 is 5.26. The van der Waals surface area contributed by atoms with Crippen LogP contribution in [0.15, 0.2) is 18.2 Å². The Hall–Kier alpha value is -2.01. The summed E-state index contributed by atoms with van der Waals surface area (Å²) in [4.78, 5) is 39.7. The maximum atomic E-state index is 12.9. The minimum atomic E-state index is -0.696. The smallest absolute Gasteiger partial charge is 0.223 e. The summed E-state index contributed by atoms with van der Waals surface area (Å²) >= 11 is 0. The molecule has 2 fully saturated rings. The van der Waals surface area contributed by atoms with E-state index in [9.17, 15) is 14.4 Å². The van der Waals surface area contributed by atoms with Crippen LogP contribution in [0, 0.1) is 12.8 Å². The quantitative estimate of drug-likeness (QED) is 0.785. The summed E-state index contributed by atoms with van der Waals surface area (Å²) in [5.74, 6) is -1.37. The lowest BCUT2D eigenvalue weighted by Gasteiger charge is -2.27. The van der Waals surface area contributed by atoms with Crippen LogP contribution in [0.5, 0.6) is 0 Å². The SMILES string of the molecule is CCc1cccc(C)c1C1C(=O)CC(CC(=O)N2CCOCC2)C1=O. The van der Waals surface area contributed by atoms with Crippen molar-refractivity contribution in [1.82, 2.24) is 4.90 Å². The van der Waals surface area contributed by atoms with E-state index in [1.54, 1.807) is 4.90 Å². The van der Waals surface area contributed by atoms with Gasteiger partial charge in [-0.1, -0.05) is 25.1 Å². The second kappa shape index (κ2) is 7.48.